The lowest BCUT2D eigenvalue weighted by Crippen LogP contribution is -2.07. The highest BCUT2D eigenvalue weighted by Crippen LogP contribution is 2.10. The smallest absolute Gasteiger partial charge is 0.0964 e. The fraction of sp³-hybridized carbons (Fsp3) is 0.385. The third kappa shape index (κ3) is 4.63. The molecule has 0 fully saturated rings. The number of halogens is 1. The summed E-state index contributed by atoms with van der Waals surface area (Å²) in [6.07, 6.45) is 1.92. The van der Waals surface area contributed by atoms with E-state index in [-0.39, 0.29) is 0 Å². The van der Waals surface area contributed by atoms with Crippen LogP contribution in [-0.4, -0.2) is 28.6 Å². The van der Waals surface area contributed by atoms with E-state index in [2.05, 4.69) is 15.6 Å². The Labute approximate surface area is 117 Å². The maximum absolute atomic E-state index is 5.82. The van der Waals surface area contributed by atoms with Crippen molar-refractivity contribution in [2.75, 3.05) is 13.7 Å². The number of ether oxygens (including phenoxy) is 1. The molecular weight excluding hydrogens is 264 g/mol. The summed E-state index contributed by atoms with van der Waals surface area (Å²) in [5, 5.41) is 11.8. The van der Waals surface area contributed by atoms with E-state index < -0.39 is 0 Å². The Balaban J connectivity index is 1.69. The molecule has 19 heavy (non-hydrogen) atoms. The lowest BCUT2D eigenvalue weighted by atomic mass is 10.2. The lowest BCUT2D eigenvalue weighted by molar-refractivity contribution is 0.110. The Kier molecular flexibility index (Phi) is 5.32. The van der Waals surface area contributed by atoms with Crippen molar-refractivity contribution in [3.63, 3.8) is 0 Å². The van der Waals surface area contributed by atoms with Gasteiger partial charge in [0.25, 0.3) is 0 Å². The number of aromatic nitrogens is 3. The van der Waals surface area contributed by atoms with Crippen molar-refractivity contribution in [1.29, 1.82) is 0 Å². The van der Waals surface area contributed by atoms with E-state index in [0.717, 1.165) is 22.8 Å². The average molecular weight is 281 g/mol. The van der Waals surface area contributed by atoms with Gasteiger partial charge in [0.05, 0.1) is 25.5 Å². The zero-order valence-corrected chi connectivity index (χ0v) is 11.6. The van der Waals surface area contributed by atoms with Gasteiger partial charge in [-0.05, 0) is 24.7 Å². The Morgan fingerprint density at radius 1 is 1.32 bits per heavy atom. The molecule has 0 saturated heterocycles. The zero-order chi connectivity index (χ0) is 13.5. The van der Waals surface area contributed by atoms with Crippen LogP contribution < -0.4 is 5.32 Å². The van der Waals surface area contributed by atoms with Crippen molar-refractivity contribution >= 4 is 11.6 Å². The molecule has 0 amide bonds. The molecule has 0 bridgehead atoms. The molecule has 0 radical (unpaired) electrons. The van der Waals surface area contributed by atoms with E-state index in [1.807, 2.05) is 37.5 Å². The van der Waals surface area contributed by atoms with Crippen LogP contribution in [0, 0.1) is 0 Å². The van der Waals surface area contributed by atoms with Gasteiger partial charge in [0, 0.05) is 17.8 Å². The zero-order valence-electron chi connectivity index (χ0n) is 10.8. The van der Waals surface area contributed by atoms with Crippen LogP contribution in [0.1, 0.15) is 11.3 Å². The van der Waals surface area contributed by atoms with E-state index in [1.54, 1.807) is 4.68 Å². The Bertz CT molecular complexity index is 498. The summed E-state index contributed by atoms with van der Waals surface area (Å²) in [5.41, 5.74) is 2.04. The van der Waals surface area contributed by atoms with Gasteiger partial charge >= 0.3 is 0 Å². The molecule has 0 aliphatic carbocycles. The molecule has 0 aliphatic rings. The Morgan fingerprint density at radius 2 is 2.11 bits per heavy atom. The summed E-state index contributed by atoms with van der Waals surface area (Å²) in [6.45, 7) is 2.61. The van der Waals surface area contributed by atoms with Gasteiger partial charge in [-0.25, -0.2) is 4.68 Å². The predicted octanol–water partition coefficient (Wildman–Crippen LogP) is 1.87. The van der Waals surface area contributed by atoms with Crippen molar-refractivity contribution in [3.8, 4) is 0 Å². The van der Waals surface area contributed by atoms with Crippen molar-refractivity contribution < 1.29 is 4.74 Å². The van der Waals surface area contributed by atoms with Gasteiger partial charge < -0.3 is 10.1 Å². The first-order chi connectivity index (χ1) is 9.28. The molecule has 1 aromatic heterocycles. The minimum absolute atomic E-state index is 0.579. The minimum atomic E-state index is 0.579. The fourth-order valence-electron chi connectivity index (χ4n) is 1.64. The molecule has 5 nitrogen and oxygen atoms in total. The Morgan fingerprint density at radius 3 is 2.84 bits per heavy atom. The second kappa shape index (κ2) is 7.23. The van der Waals surface area contributed by atoms with Gasteiger partial charge in [-0.2, -0.15) is 0 Å². The van der Waals surface area contributed by atoms with Gasteiger partial charge in [-0.3, -0.25) is 0 Å². The highest BCUT2D eigenvalue weighted by molar-refractivity contribution is 6.30. The van der Waals surface area contributed by atoms with Crippen LogP contribution in [-0.2, 0) is 24.4 Å². The van der Waals surface area contributed by atoms with Crippen LogP contribution >= 0.6 is 11.6 Å². The molecule has 1 N–H and O–H groups in total. The molecule has 0 unspecified atom stereocenters. The minimum Gasteiger partial charge on any atom is -0.375 e. The van der Waals surface area contributed by atoms with Gasteiger partial charge in [0.2, 0.25) is 0 Å². The maximum atomic E-state index is 5.82. The van der Waals surface area contributed by atoms with Crippen molar-refractivity contribution in [2.24, 2.45) is 0 Å². The third-order valence-corrected chi connectivity index (χ3v) is 2.84. The second-order valence-corrected chi connectivity index (χ2v) is 4.62. The lowest BCUT2D eigenvalue weighted by Gasteiger charge is -2.04. The van der Waals surface area contributed by atoms with Crippen LogP contribution in [0.3, 0.4) is 0 Å². The molecule has 0 atom stereocenters. The number of nitrogens with one attached hydrogen (secondary N) is 1. The molecule has 0 saturated carbocycles. The SMILES string of the molecule is CNCc1cn(CCOCc2ccc(Cl)cc2)nn1. The van der Waals surface area contributed by atoms with Gasteiger partial charge in [0.1, 0.15) is 0 Å². The largest absolute Gasteiger partial charge is 0.375 e. The van der Waals surface area contributed by atoms with Crippen LogP contribution in [0.15, 0.2) is 30.5 Å². The van der Waals surface area contributed by atoms with Crippen LogP contribution in [0.4, 0.5) is 0 Å². The molecular formula is C13H17ClN4O. The molecule has 1 aromatic carbocycles. The summed E-state index contributed by atoms with van der Waals surface area (Å²) in [4.78, 5) is 0. The van der Waals surface area contributed by atoms with E-state index in [1.165, 1.54) is 0 Å². The first kappa shape index (κ1) is 14.0. The first-order valence-electron chi connectivity index (χ1n) is 6.14. The fourth-order valence-corrected chi connectivity index (χ4v) is 1.76. The summed E-state index contributed by atoms with van der Waals surface area (Å²) < 4.78 is 7.37. The molecule has 1 heterocycles. The molecule has 0 aliphatic heterocycles. The number of hydrogen-bond acceptors (Lipinski definition) is 4. The molecule has 2 aromatic rings. The number of nitrogens with zero attached hydrogens (tertiary/aromatic N) is 3. The normalized spacial score (nSPS) is 10.8. The maximum Gasteiger partial charge on any atom is 0.0964 e. The van der Waals surface area contributed by atoms with Crippen LogP contribution in [0.5, 0.6) is 0 Å². The van der Waals surface area contributed by atoms with Crippen LogP contribution in [0.25, 0.3) is 0 Å². The second-order valence-electron chi connectivity index (χ2n) is 4.18. The molecule has 102 valence electrons. The molecule has 0 spiro atoms. The van der Waals surface area contributed by atoms with Gasteiger partial charge in [-0.15, -0.1) is 5.10 Å². The summed E-state index contributed by atoms with van der Waals surface area (Å²) in [7, 11) is 1.88. The summed E-state index contributed by atoms with van der Waals surface area (Å²) in [6, 6.07) is 7.65. The van der Waals surface area contributed by atoms with Crippen molar-refractivity contribution in [1.82, 2.24) is 20.3 Å². The molecule has 6 heteroatoms. The quantitative estimate of drug-likeness (QED) is 0.787. The van der Waals surface area contributed by atoms with E-state index in [4.69, 9.17) is 16.3 Å². The van der Waals surface area contributed by atoms with E-state index in [9.17, 15) is 0 Å². The van der Waals surface area contributed by atoms with Crippen molar-refractivity contribution in [3.05, 3.63) is 46.7 Å². The molecule has 2 rings (SSSR count). The van der Waals surface area contributed by atoms with E-state index in [0.29, 0.717) is 19.8 Å². The average Bonchev–Trinajstić information content (AvgIpc) is 2.85. The van der Waals surface area contributed by atoms with Crippen molar-refractivity contribution in [2.45, 2.75) is 19.7 Å². The standard InChI is InChI=1S/C13H17ClN4O/c1-15-8-13-9-18(17-16-13)6-7-19-10-11-2-4-12(14)5-3-11/h2-5,9,15H,6-8,10H2,1H3. The van der Waals surface area contributed by atoms with E-state index >= 15 is 0 Å². The number of benzene rings is 1. The highest BCUT2D eigenvalue weighted by Gasteiger charge is 1.99. The number of rotatable bonds is 7. The monoisotopic (exact) mass is 280 g/mol. The van der Waals surface area contributed by atoms with Crippen LogP contribution in [0.2, 0.25) is 5.02 Å². The summed E-state index contributed by atoms with van der Waals surface area (Å²) >= 11 is 5.82. The number of hydrogen-bond donors (Lipinski definition) is 1. The topological polar surface area (TPSA) is 52.0 Å². The Hall–Kier alpha value is -1.43. The highest BCUT2D eigenvalue weighted by atomic mass is 35.5. The summed E-state index contributed by atoms with van der Waals surface area (Å²) in [5.74, 6) is 0. The first-order valence-corrected chi connectivity index (χ1v) is 6.51. The predicted molar refractivity (Wildman–Crippen MR) is 73.9 cm³/mol. The third-order valence-electron chi connectivity index (χ3n) is 2.59. The van der Waals surface area contributed by atoms with Gasteiger partial charge in [-0.1, -0.05) is 28.9 Å². The van der Waals surface area contributed by atoms with Gasteiger partial charge in [0.15, 0.2) is 0 Å².